The predicted molar refractivity (Wildman–Crippen MR) is 96.4 cm³/mol. The molecule has 2 amide bonds. The molecule has 6 heteroatoms. The van der Waals surface area contributed by atoms with Crippen molar-refractivity contribution >= 4 is 17.8 Å². The first-order valence-electron chi connectivity index (χ1n) is 9.33. The van der Waals surface area contributed by atoms with Gasteiger partial charge in [0.05, 0.1) is 24.3 Å². The first kappa shape index (κ1) is 18.4. The molecule has 1 saturated heterocycles. The summed E-state index contributed by atoms with van der Waals surface area (Å²) in [5, 5.41) is 12.1. The van der Waals surface area contributed by atoms with Crippen LogP contribution < -0.4 is 5.32 Å². The molecule has 2 N–H and O–H groups in total. The molecule has 0 radical (unpaired) electrons. The number of likely N-dealkylation sites (tertiary alicyclic amines) is 1. The molecule has 2 aliphatic rings. The van der Waals surface area contributed by atoms with Crippen molar-refractivity contribution in [2.24, 2.45) is 5.92 Å². The summed E-state index contributed by atoms with van der Waals surface area (Å²) >= 11 is 0. The summed E-state index contributed by atoms with van der Waals surface area (Å²) in [7, 11) is 0. The molecule has 3 rings (SSSR count). The van der Waals surface area contributed by atoms with Gasteiger partial charge >= 0.3 is 5.97 Å². The number of benzene rings is 1. The monoisotopic (exact) mass is 358 g/mol. The maximum absolute atomic E-state index is 12.7. The van der Waals surface area contributed by atoms with Gasteiger partial charge in [-0.2, -0.15) is 0 Å². The summed E-state index contributed by atoms with van der Waals surface area (Å²) in [6, 6.07) is 9.60. The zero-order valence-corrected chi connectivity index (χ0v) is 14.9. The van der Waals surface area contributed by atoms with E-state index in [1.54, 1.807) is 4.90 Å². The Hall–Kier alpha value is -2.37. The molecule has 1 atom stereocenters. The Kier molecular flexibility index (Phi) is 5.59. The second-order valence-electron chi connectivity index (χ2n) is 7.53. The van der Waals surface area contributed by atoms with Gasteiger partial charge in [-0.15, -0.1) is 0 Å². The lowest BCUT2D eigenvalue weighted by Gasteiger charge is -2.43. The average Bonchev–Trinajstić information content (AvgIpc) is 2.60. The lowest BCUT2D eigenvalue weighted by Crippen LogP contribution is -2.57. The fourth-order valence-electron chi connectivity index (χ4n) is 3.90. The number of amides is 2. The van der Waals surface area contributed by atoms with E-state index in [9.17, 15) is 14.4 Å². The standard InChI is InChI=1S/C20H26N2O4/c23-17(12-15-6-2-1-3-7-15)22-11-4-8-16(14-22)19(26)21-20(9-5-10-20)13-18(24)25/h1-3,6-7,16H,4-5,8-14H2,(H,21,26)(H,24,25). The highest BCUT2D eigenvalue weighted by Gasteiger charge is 2.42. The first-order valence-corrected chi connectivity index (χ1v) is 9.33. The van der Waals surface area contributed by atoms with Gasteiger partial charge < -0.3 is 15.3 Å². The Balaban J connectivity index is 1.56. The lowest BCUT2D eigenvalue weighted by atomic mass is 9.74. The van der Waals surface area contributed by atoms with Crippen molar-refractivity contribution in [2.75, 3.05) is 13.1 Å². The number of carbonyl (C=O) groups excluding carboxylic acids is 2. The van der Waals surface area contributed by atoms with Crippen molar-refractivity contribution in [3.63, 3.8) is 0 Å². The number of carboxylic acid groups (broad SMARTS) is 1. The number of carboxylic acids is 1. The molecule has 1 aromatic rings. The van der Waals surface area contributed by atoms with Crippen LogP contribution in [0.5, 0.6) is 0 Å². The topological polar surface area (TPSA) is 86.7 Å². The van der Waals surface area contributed by atoms with Gasteiger partial charge in [-0.1, -0.05) is 30.3 Å². The van der Waals surface area contributed by atoms with E-state index in [1.165, 1.54) is 0 Å². The zero-order valence-electron chi connectivity index (χ0n) is 14.9. The predicted octanol–water partition coefficient (Wildman–Crippen LogP) is 1.98. The summed E-state index contributed by atoms with van der Waals surface area (Å²) in [5.41, 5.74) is 0.387. The summed E-state index contributed by atoms with van der Waals surface area (Å²) in [6.45, 7) is 1.09. The molecule has 1 heterocycles. The molecular weight excluding hydrogens is 332 g/mol. The van der Waals surface area contributed by atoms with Crippen molar-refractivity contribution in [1.29, 1.82) is 0 Å². The second kappa shape index (κ2) is 7.89. The normalized spacial score (nSPS) is 21.5. The van der Waals surface area contributed by atoms with Crippen molar-refractivity contribution in [3.8, 4) is 0 Å². The molecule has 6 nitrogen and oxygen atoms in total. The van der Waals surface area contributed by atoms with Crippen LogP contribution in [0.15, 0.2) is 30.3 Å². The third-order valence-corrected chi connectivity index (χ3v) is 5.53. The number of nitrogens with one attached hydrogen (secondary N) is 1. The van der Waals surface area contributed by atoms with Crippen LogP contribution in [0, 0.1) is 5.92 Å². The summed E-state index contributed by atoms with van der Waals surface area (Å²) in [4.78, 5) is 38.1. The minimum atomic E-state index is -0.881. The highest BCUT2D eigenvalue weighted by molar-refractivity contribution is 5.83. The minimum Gasteiger partial charge on any atom is -0.481 e. The fraction of sp³-hybridized carbons (Fsp3) is 0.550. The van der Waals surface area contributed by atoms with Gasteiger partial charge in [0.1, 0.15) is 0 Å². The van der Waals surface area contributed by atoms with Gasteiger partial charge in [-0.05, 0) is 37.7 Å². The van der Waals surface area contributed by atoms with E-state index >= 15 is 0 Å². The first-order chi connectivity index (χ1) is 12.5. The van der Waals surface area contributed by atoms with Crippen LogP contribution in [0.25, 0.3) is 0 Å². The summed E-state index contributed by atoms with van der Waals surface area (Å²) in [6.07, 6.45) is 4.23. The van der Waals surface area contributed by atoms with E-state index in [0.29, 0.717) is 32.4 Å². The molecule has 1 saturated carbocycles. The van der Waals surface area contributed by atoms with Gasteiger partial charge in [-0.25, -0.2) is 0 Å². The molecule has 0 bridgehead atoms. The van der Waals surface area contributed by atoms with Crippen LogP contribution in [0.3, 0.4) is 0 Å². The number of hydrogen-bond donors (Lipinski definition) is 2. The van der Waals surface area contributed by atoms with Crippen LogP contribution >= 0.6 is 0 Å². The molecule has 26 heavy (non-hydrogen) atoms. The minimum absolute atomic E-state index is 0.0257. The Morgan fingerprint density at radius 3 is 2.50 bits per heavy atom. The Morgan fingerprint density at radius 2 is 1.88 bits per heavy atom. The van der Waals surface area contributed by atoms with Crippen molar-refractivity contribution in [3.05, 3.63) is 35.9 Å². The number of hydrogen-bond acceptors (Lipinski definition) is 3. The van der Waals surface area contributed by atoms with Crippen LogP contribution in [0.1, 0.15) is 44.1 Å². The van der Waals surface area contributed by atoms with Gasteiger partial charge in [0, 0.05) is 13.1 Å². The Labute approximate surface area is 153 Å². The fourth-order valence-corrected chi connectivity index (χ4v) is 3.90. The largest absolute Gasteiger partial charge is 0.481 e. The van der Waals surface area contributed by atoms with E-state index in [0.717, 1.165) is 24.8 Å². The number of rotatable bonds is 6. The molecule has 1 aliphatic carbocycles. The van der Waals surface area contributed by atoms with Crippen molar-refractivity contribution in [1.82, 2.24) is 10.2 Å². The van der Waals surface area contributed by atoms with E-state index in [2.05, 4.69) is 5.32 Å². The van der Waals surface area contributed by atoms with E-state index in [-0.39, 0.29) is 24.2 Å². The third-order valence-electron chi connectivity index (χ3n) is 5.53. The molecule has 0 spiro atoms. The zero-order chi connectivity index (χ0) is 18.6. The highest BCUT2D eigenvalue weighted by Crippen LogP contribution is 2.35. The lowest BCUT2D eigenvalue weighted by molar-refractivity contribution is -0.141. The maximum Gasteiger partial charge on any atom is 0.305 e. The van der Waals surface area contributed by atoms with Crippen molar-refractivity contribution < 1.29 is 19.5 Å². The van der Waals surface area contributed by atoms with Crippen LogP contribution in [-0.2, 0) is 20.8 Å². The molecule has 140 valence electrons. The van der Waals surface area contributed by atoms with E-state index < -0.39 is 11.5 Å². The van der Waals surface area contributed by atoms with Crippen LogP contribution in [0.2, 0.25) is 0 Å². The molecule has 1 unspecified atom stereocenters. The number of piperidine rings is 1. The van der Waals surface area contributed by atoms with E-state index in [1.807, 2.05) is 30.3 Å². The van der Waals surface area contributed by atoms with Gasteiger partial charge in [0.2, 0.25) is 11.8 Å². The number of carbonyl (C=O) groups is 3. The summed E-state index contributed by atoms with van der Waals surface area (Å²) in [5.74, 6) is -1.20. The highest BCUT2D eigenvalue weighted by atomic mass is 16.4. The average molecular weight is 358 g/mol. The maximum atomic E-state index is 12.7. The molecule has 1 aliphatic heterocycles. The van der Waals surface area contributed by atoms with Crippen LogP contribution in [-0.4, -0.2) is 46.4 Å². The number of nitrogens with zero attached hydrogens (tertiary/aromatic N) is 1. The molecule has 1 aromatic carbocycles. The number of aliphatic carboxylic acids is 1. The molecule has 2 fully saturated rings. The van der Waals surface area contributed by atoms with Crippen molar-refractivity contribution in [2.45, 2.75) is 50.5 Å². The smallest absolute Gasteiger partial charge is 0.305 e. The second-order valence-corrected chi connectivity index (χ2v) is 7.53. The Morgan fingerprint density at radius 1 is 1.15 bits per heavy atom. The summed E-state index contributed by atoms with van der Waals surface area (Å²) < 4.78 is 0. The Bertz CT molecular complexity index is 670. The van der Waals surface area contributed by atoms with Gasteiger partial charge in [0.15, 0.2) is 0 Å². The third kappa shape index (κ3) is 4.42. The van der Waals surface area contributed by atoms with Crippen LogP contribution in [0.4, 0.5) is 0 Å². The van der Waals surface area contributed by atoms with Gasteiger partial charge in [0.25, 0.3) is 0 Å². The quantitative estimate of drug-likeness (QED) is 0.814. The van der Waals surface area contributed by atoms with Gasteiger partial charge in [-0.3, -0.25) is 14.4 Å². The SMILES string of the molecule is O=C(O)CC1(NC(=O)C2CCCN(C(=O)Cc3ccccc3)C2)CCC1. The molecular formula is C20H26N2O4. The molecule has 0 aromatic heterocycles. The van der Waals surface area contributed by atoms with E-state index in [4.69, 9.17) is 5.11 Å².